The summed E-state index contributed by atoms with van der Waals surface area (Å²) < 4.78 is 10.9. The van der Waals surface area contributed by atoms with Crippen LogP contribution in [0.5, 0.6) is 0 Å². The van der Waals surface area contributed by atoms with Crippen molar-refractivity contribution in [2.75, 3.05) is 13.2 Å². The van der Waals surface area contributed by atoms with Crippen LogP contribution in [-0.2, 0) is 14.3 Å². The van der Waals surface area contributed by atoms with Gasteiger partial charge in [-0.3, -0.25) is 4.79 Å². The first-order chi connectivity index (χ1) is 9.19. The maximum atomic E-state index is 10.7. The van der Waals surface area contributed by atoms with E-state index in [-0.39, 0.29) is 12.1 Å². The summed E-state index contributed by atoms with van der Waals surface area (Å²) in [5.41, 5.74) is 0. The van der Waals surface area contributed by atoms with E-state index in [1.54, 1.807) is 0 Å². The molecular formula is C16H26O3. The van der Waals surface area contributed by atoms with Crippen molar-refractivity contribution < 1.29 is 14.3 Å². The highest BCUT2D eigenvalue weighted by Crippen LogP contribution is 2.35. The van der Waals surface area contributed by atoms with Gasteiger partial charge in [0.15, 0.2) is 0 Å². The van der Waals surface area contributed by atoms with Crippen molar-refractivity contribution in [3.8, 4) is 0 Å². The molecule has 0 heterocycles. The summed E-state index contributed by atoms with van der Waals surface area (Å²) in [4.78, 5) is 10.7. The molecule has 0 radical (unpaired) electrons. The summed E-state index contributed by atoms with van der Waals surface area (Å²) in [6.07, 6.45) is 10.8. The van der Waals surface area contributed by atoms with E-state index in [4.69, 9.17) is 9.47 Å². The Morgan fingerprint density at radius 2 is 2.11 bits per heavy atom. The molecule has 108 valence electrons. The standard InChI is InChI=1S/C16H26O3/c1-4-6-11-19-16-14(5-2)9-10-15(16)8-7-12-18-13(3)17/h5,7-8,14-16H,2,4,6,9-12H2,1,3H3/b8-7-/t14-,15+,16-/m1/s1. The van der Waals surface area contributed by atoms with Crippen molar-refractivity contribution in [3.05, 3.63) is 24.8 Å². The number of carbonyl (C=O) groups excluding carboxylic acids is 1. The average Bonchev–Trinajstić information content (AvgIpc) is 2.77. The predicted molar refractivity (Wildman–Crippen MR) is 76.8 cm³/mol. The van der Waals surface area contributed by atoms with E-state index in [0.717, 1.165) is 32.3 Å². The molecule has 1 fully saturated rings. The van der Waals surface area contributed by atoms with Crippen molar-refractivity contribution in [3.63, 3.8) is 0 Å². The molecule has 3 heteroatoms. The molecular weight excluding hydrogens is 240 g/mol. The first-order valence-corrected chi connectivity index (χ1v) is 7.23. The Hall–Kier alpha value is -1.09. The summed E-state index contributed by atoms with van der Waals surface area (Å²) >= 11 is 0. The second-order valence-electron chi connectivity index (χ2n) is 5.06. The quantitative estimate of drug-likeness (QED) is 0.383. The zero-order valence-electron chi connectivity index (χ0n) is 12.1. The molecule has 1 aliphatic carbocycles. The van der Waals surface area contributed by atoms with E-state index < -0.39 is 0 Å². The van der Waals surface area contributed by atoms with Gasteiger partial charge in [0, 0.05) is 25.4 Å². The minimum absolute atomic E-state index is 0.234. The Kier molecular flexibility index (Phi) is 7.49. The molecule has 1 aliphatic rings. The van der Waals surface area contributed by atoms with Gasteiger partial charge in [-0.2, -0.15) is 0 Å². The normalized spacial score (nSPS) is 26.7. The SMILES string of the molecule is C=C[C@@H]1CC[C@H](/C=C\COC(C)=O)[C@@H]1OCCCC. The fourth-order valence-corrected chi connectivity index (χ4v) is 2.50. The van der Waals surface area contributed by atoms with Crippen LogP contribution < -0.4 is 0 Å². The lowest BCUT2D eigenvalue weighted by Crippen LogP contribution is -2.23. The van der Waals surface area contributed by atoms with Crippen LogP contribution >= 0.6 is 0 Å². The first-order valence-electron chi connectivity index (χ1n) is 7.23. The maximum absolute atomic E-state index is 10.7. The van der Waals surface area contributed by atoms with Gasteiger partial charge in [0.2, 0.25) is 0 Å². The monoisotopic (exact) mass is 266 g/mol. The lowest BCUT2D eigenvalue weighted by molar-refractivity contribution is -0.139. The van der Waals surface area contributed by atoms with Crippen LogP contribution in [-0.4, -0.2) is 25.3 Å². The van der Waals surface area contributed by atoms with Gasteiger partial charge < -0.3 is 9.47 Å². The van der Waals surface area contributed by atoms with E-state index in [1.807, 2.05) is 12.2 Å². The van der Waals surface area contributed by atoms with Crippen LogP contribution in [0.25, 0.3) is 0 Å². The van der Waals surface area contributed by atoms with Crippen molar-refractivity contribution in [2.45, 2.75) is 45.6 Å². The Labute approximate surface area is 116 Å². The maximum Gasteiger partial charge on any atom is 0.302 e. The Bertz CT molecular complexity index is 309. The van der Waals surface area contributed by atoms with Crippen LogP contribution in [0.2, 0.25) is 0 Å². The number of esters is 1. The zero-order chi connectivity index (χ0) is 14.1. The molecule has 3 nitrogen and oxygen atoms in total. The van der Waals surface area contributed by atoms with Gasteiger partial charge in [0.25, 0.3) is 0 Å². The van der Waals surface area contributed by atoms with Crippen molar-refractivity contribution in [1.29, 1.82) is 0 Å². The molecule has 1 saturated carbocycles. The molecule has 3 atom stereocenters. The van der Waals surface area contributed by atoms with E-state index in [9.17, 15) is 4.79 Å². The molecule has 1 rings (SSSR count). The molecule has 0 unspecified atom stereocenters. The summed E-state index contributed by atoms with van der Waals surface area (Å²) in [5.74, 6) is 0.617. The van der Waals surface area contributed by atoms with Crippen LogP contribution in [0.4, 0.5) is 0 Å². The summed E-state index contributed by atoms with van der Waals surface area (Å²) in [5, 5.41) is 0. The fraction of sp³-hybridized carbons (Fsp3) is 0.688. The smallest absolute Gasteiger partial charge is 0.302 e. The molecule has 0 aromatic carbocycles. The van der Waals surface area contributed by atoms with Gasteiger partial charge in [0.1, 0.15) is 6.61 Å². The lowest BCUT2D eigenvalue weighted by Gasteiger charge is -2.21. The number of ether oxygens (including phenoxy) is 2. The largest absolute Gasteiger partial charge is 0.462 e. The lowest BCUT2D eigenvalue weighted by atomic mass is 10.00. The van der Waals surface area contributed by atoms with Gasteiger partial charge in [-0.1, -0.05) is 31.6 Å². The first kappa shape index (κ1) is 16.0. The summed E-state index contributed by atoms with van der Waals surface area (Å²) in [6, 6.07) is 0. The second kappa shape index (κ2) is 8.92. The molecule has 0 saturated heterocycles. The fourth-order valence-electron chi connectivity index (χ4n) is 2.50. The molecule has 0 aliphatic heterocycles. The van der Waals surface area contributed by atoms with Crippen molar-refractivity contribution in [2.24, 2.45) is 11.8 Å². The van der Waals surface area contributed by atoms with Crippen LogP contribution in [0.15, 0.2) is 24.8 Å². The van der Waals surface area contributed by atoms with E-state index in [1.165, 1.54) is 6.92 Å². The van der Waals surface area contributed by atoms with Gasteiger partial charge in [-0.05, 0) is 19.3 Å². The third-order valence-electron chi connectivity index (χ3n) is 3.55. The van der Waals surface area contributed by atoms with Crippen LogP contribution in [0.3, 0.4) is 0 Å². The number of carbonyl (C=O) groups is 1. The number of unbranched alkanes of at least 4 members (excludes halogenated alkanes) is 1. The molecule has 0 aromatic heterocycles. The minimum atomic E-state index is -0.240. The highest BCUT2D eigenvalue weighted by molar-refractivity contribution is 5.65. The van der Waals surface area contributed by atoms with Crippen molar-refractivity contribution in [1.82, 2.24) is 0 Å². The second-order valence-corrected chi connectivity index (χ2v) is 5.06. The average molecular weight is 266 g/mol. The molecule has 0 amide bonds. The van der Waals surface area contributed by atoms with Gasteiger partial charge >= 0.3 is 5.97 Å². The number of hydrogen-bond acceptors (Lipinski definition) is 3. The molecule has 19 heavy (non-hydrogen) atoms. The van der Waals surface area contributed by atoms with Gasteiger partial charge in [0.05, 0.1) is 6.10 Å². The predicted octanol–water partition coefficient (Wildman–Crippen LogP) is 3.50. The third-order valence-corrected chi connectivity index (χ3v) is 3.55. The van der Waals surface area contributed by atoms with Gasteiger partial charge in [-0.25, -0.2) is 0 Å². The molecule has 0 aromatic rings. The third kappa shape index (κ3) is 5.60. The summed E-state index contributed by atoms with van der Waals surface area (Å²) in [7, 11) is 0. The van der Waals surface area contributed by atoms with E-state index in [0.29, 0.717) is 18.4 Å². The summed E-state index contributed by atoms with van der Waals surface area (Å²) in [6.45, 7) is 8.67. The van der Waals surface area contributed by atoms with Crippen molar-refractivity contribution >= 4 is 5.97 Å². The number of rotatable bonds is 8. The Balaban J connectivity index is 2.45. The van der Waals surface area contributed by atoms with Crippen LogP contribution in [0, 0.1) is 11.8 Å². The molecule has 0 spiro atoms. The minimum Gasteiger partial charge on any atom is -0.462 e. The topological polar surface area (TPSA) is 35.5 Å². The van der Waals surface area contributed by atoms with E-state index in [2.05, 4.69) is 19.6 Å². The molecule has 0 bridgehead atoms. The molecule has 0 N–H and O–H groups in total. The zero-order valence-corrected chi connectivity index (χ0v) is 12.1. The Morgan fingerprint density at radius 1 is 1.37 bits per heavy atom. The highest BCUT2D eigenvalue weighted by atomic mass is 16.5. The highest BCUT2D eigenvalue weighted by Gasteiger charge is 2.33. The van der Waals surface area contributed by atoms with Crippen LogP contribution in [0.1, 0.15) is 39.5 Å². The Morgan fingerprint density at radius 3 is 2.74 bits per heavy atom. The van der Waals surface area contributed by atoms with E-state index >= 15 is 0 Å². The van der Waals surface area contributed by atoms with Gasteiger partial charge in [-0.15, -0.1) is 6.58 Å². The number of hydrogen-bond donors (Lipinski definition) is 0.